The molecule has 0 saturated carbocycles. The first-order valence-electron chi connectivity index (χ1n) is 7.66. The van der Waals surface area contributed by atoms with Gasteiger partial charge in [-0.2, -0.15) is 0 Å². The van der Waals surface area contributed by atoms with Crippen molar-refractivity contribution in [1.82, 2.24) is 9.88 Å². The number of aromatic nitrogens is 1. The van der Waals surface area contributed by atoms with Crippen molar-refractivity contribution in [2.24, 2.45) is 0 Å². The van der Waals surface area contributed by atoms with Crippen LogP contribution < -0.4 is 4.90 Å². The molecule has 1 aromatic heterocycles. The van der Waals surface area contributed by atoms with E-state index in [9.17, 15) is 0 Å². The van der Waals surface area contributed by atoms with Gasteiger partial charge < -0.3 is 9.80 Å². The number of rotatable bonds is 4. The Morgan fingerprint density at radius 3 is 2.67 bits per heavy atom. The van der Waals surface area contributed by atoms with Crippen LogP contribution in [0.1, 0.15) is 12.0 Å². The summed E-state index contributed by atoms with van der Waals surface area (Å²) in [4.78, 5) is 9.74. The van der Waals surface area contributed by atoms with E-state index in [1.807, 2.05) is 0 Å². The van der Waals surface area contributed by atoms with Crippen LogP contribution in [0.5, 0.6) is 0 Å². The molecule has 2 heterocycles. The van der Waals surface area contributed by atoms with Gasteiger partial charge in [-0.05, 0) is 37.6 Å². The van der Waals surface area contributed by atoms with E-state index < -0.39 is 0 Å². The third-order valence-electron chi connectivity index (χ3n) is 4.16. The molecule has 3 rings (SSSR count). The van der Waals surface area contributed by atoms with Crippen LogP contribution in [0.15, 0.2) is 30.3 Å². The first kappa shape index (κ1) is 14.6. The number of aryl methyl sites for hydroxylation is 1. The molecule has 2 aromatic rings. The molecular formula is C17H22ClN3. The molecule has 1 aliphatic rings. The Hall–Kier alpha value is -1.32. The minimum atomic E-state index is 0.703. The third-order valence-corrected chi connectivity index (χ3v) is 4.43. The first-order valence-corrected chi connectivity index (χ1v) is 8.19. The number of pyridine rings is 1. The van der Waals surface area contributed by atoms with Gasteiger partial charge >= 0.3 is 0 Å². The number of likely N-dealkylation sites (N-methyl/N-ethyl adjacent to an activating group) is 1. The molecule has 112 valence electrons. The molecule has 0 radical (unpaired) electrons. The van der Waals surface area contributed by atoms with Gasteiger partial charge in [-0.1, -0.05) is 18.2 Å². The van der Waals surface area contributed by atoms with Gasteiger partial charge in [-0.15, -0.1) is 11.6 Å². The van der Waals surface area contributed by atoms with Gasteiger partial charge in [0.25, 0.3) is 0 Å². The molecule has 21 heavy (non-hydrogen) atoms. The van der Waals surface area contributed by atoms with Crippen molar-refractivity contribution in [3.63, 3.8) is 0 Å². The van der Waals surface area contributed by atoms with Crippen LogP contribution in [0.25, 0.3) is 10.9 Å². The van der Waals surface area contributed by atoms with E-state index in [1.165, 1.54) is 10.9 Å². The van der Waals surface area contributed by atoms with Gasteiger partial charge in [-0.25, -0.2) is 4.98 Å². The standard InChI is InChI=1S/C17H22ClN3/c1-20-9-11-21(12-10-20)17-15(6-4-8-18)13-14-5-2-3-7-16(14)19-17/h2-3,5,7,13H,4,6,8-12H2,1H3. The molecule has 0 unspecified atom stereocenters. The fourth-order valence-electron chi connectivity index (χ4n) is 2.88. The molecule has 0 atom stereocenters. The molecule has 1 aromatic carbocycles. The smallest absolute Gasteiger partial charge is 0.132 e. The lowest BCUT2D eigenvalue weighted by atomic mass is 10.1. The van der Waals surface area contributed by atoms with E-state index in [-0.39, 0.29) is 0 Å². The Morgan fingerprint density at radius 2 is 1.90 bits per heavy atom. The van der Waals surface area contributed by atoms with Gasteiger partial charge in [0.15, 0.2) is 0 Å². The Bertz CT molecular complexity index is 606. The summed E-state index contributed by atoms with van der Waals surface area (Å²) in [6.45, 7) is 4.30. The molecule has 0 spiro atoms. The Kier molecular flexibility index (Phi) is 4.61. The fraction of sp³-hybridized carbons (Fsp3) is 0.471. The molecular weight excluding hydrogens is 282 g/mol. The van der Waals surface area contributed by atoms with Crippen molar-refractivity contribution in [3.8, 4) is 0 Å². The van der Waals surface area contributed by atoms with E-state index in [0.717, 1.165) is 50.4 Å². The second-order valence-corrected chi connectivity index (χ2v) is 6.12. The second kappa shape index (κ2) is 6.63. The van der Waals surface area contributed by atoms with Gasteiger partial charge in [0.2, 0.25) is 0 Å². The third kappa shape index (κ3) is 3.30. The maximum Gasteiger partial charge on any atom is 0.132 e. The lowest BCUT2D eigenvalue weighted by molar-refractivity contribution is 0.312. The first-order chi connectivity index (χ1) is 10.3. The number of benzene rings is 1. The van der Waals surface area contributed by atoms with Crippen molar-refractivity contribution < 1.29 is 0 Å². The summed E-state index contributed by atoms with van der Waals surface area (Å²) in [5, 5.41) is 1.22. The minimum Gasteiger partial charge on any atom is -0.354 e. The summed E-state index contributed by atoms with van der Waals surface area (Å²) in [5.41, 5.74) is 2.42. The van der Waals surface area contributed by atoms with Crippen LogP contribution in [-0.2, 0) is 6.42 Å². The second-order valence-electron chi connectivity index (χ2n) is 5.75. The van der Waals surface area contributed by atoms with Gasteiger partial charge in [0, 0.05) is 37.4 Å². The molecule has 1 fully saturated rings. The van der Waals surface area contributed by atoms with Crippen LogP contribution >= 0.6 is 11.6 Å². The number of piperazine rings is 1. The highest BCUT2D eigenvalue weighted by Crippen LogP contribution is 2.25. The molecule has 0 N–H and O–H groups in total. The normalized spacial score (nSPS) is 16.6. The summed E-state index contributed by atoms with van der Waals surface area (Å²) in [6, 6.07) is 10.7. The largest absolute Gasteiger partial charge is 0.354 e. The summed E-state index contributed by atoms with van der Waals surface area (Å²) < 4.78 is 0. The van der Waals surface area contributed by atoms with Crippen molar-refractivity contribution in [1.29, 1.82) is 0 Å². The zero-order valence-corrected chi connectivity index (χ0v) is 13.3. The molecule has 1 aliphatic heterocycles. The molecule has 1 saturated heterocycles. The number of anilines is 1. The number of alkyl halides is 1. The minimum absolute atomic E-state index is 0.703. The Balaban J connectivity index is 1.97. The Labute approximate surface area is 131 Å². The lowest BCUT2D eigenvalue weighted by Crippen LogP contribution is -2.45. The molecule has 0 amide bonds. The summed E-state index contributed by atoms with van der Waals surface area (Å²) >= 11 is 5.89. The molecule has 0 aliphatic carbocycles. The summed E-state index contributed by atoms with van der Waals surface area (Å²) in [7, 11) is 2.18. The predicted molar refractivity (Wildman–Crippen MR) is 90.5 cm³/mol. The highest BCUT2D eigenvalue weighted by molar-refractivity contribution is 6.17. The van der Waals surface area contributed by atoms with E-state index in [1.54, 1.807) is 0 Å². The van der Waals surface area contributed by atoms with Gasteiger partial charge in [0.05, 0.1) is 5.52 Å². The topological polar surface area (TPSA) is 19.4 Å². The predicted octanol–water partition coefficient (Wildman–Crippen LogP) is 3.16. The van der Waals surface area contributed by atoms with Gasteiger partial charge in [0.1, 0.15) is 5.82 Å². The van der Waals surface area contributed by atoms with Crippen LogP contribution in [0, 0.1) is 0 Å². The number of hydrogen-bond donors (Lipinski definition) is 0. The lowest BCUT2D eigenvalue weighted by Gasteiger charge is -2.34. The number of halogens is 1. The summed E-state index contributed by atoms with van der Waals surface area (Å²) in [5.74, 6) is 1.86. The van der Waals surface area contributed by atoms with Crippen LogP contribution in [0.3, 0.4) is 0 Å². The SMILES string of the molecule is CN1CCN(c2nc3ccccc3cc2CCCCl)CC1. The number of fused-ring (bicyclic) bond motifs is 1. The fourth-order valence-corrected chi connectivity index (χ4v) is 3.02. The number of para-hydroxylation sites is 1. The van der Waals surface area contributed by atoms with E-state index in [4.69, 9.17) is 16.6 Å². The monoisotopic (exact) mass is 303 g/mol. The molecule has 4 heteroatoms. The zero-order valence-electron chi connectivity index (χ0n) is 12.6. The average Bonchev–Trinajstić information content (AvgIpc) is 2.53. The van der Waals surface area contributed by atoms with Crippen molar-refractivity contribution in [3.05, 3.63) is 35.9 Å². The maximum absolute atomic E-state index is 5.89. The highest BCUT2D eigenvalue weighted by atomic mass is 35.5. The van der Waals surface area contributed by atoms with Crippen LogP contribution in [0.2, 0.25) is 0 Å². The van der Waals surface area contributed by atoms with Crippen LogP contribution in [0.4, 0.5) is 5.82 Å². The Morgan fingerprint density at radius 1 is 1.14 bits per heavy atom. The van der Waals surface area contributed by atoms with Crippen molar-refractivity contribution in [2.75, 3.05) is 44.0 Å². The maximum atomic E-state index is 5.89. The summed E-state index contributed by atoms with van der Waals surface area (Å²) in [6.07, 6.45) is 2.01. The number of nitrogens with zero attached hydrogens (tertiary/aromatic N) is 3. The molecule has 0 bridgehead atoms. The number of hydrogen-bond acceptors (Lipinski definition) is 3. The van der Waals surface area contributed by atoms with E-state index in [2.05, 4.69) is 47.2 Å². The van der Waals surface area contributed by atoms with E-state index in [0.29, 0.717) is 5.88 Å². The molecule has 3 nitrogen and oxygen atoms in total. The quantitative estimate of drug-likeness (QED) is 0.809. The van der Waals surface area contributed by atoms with E-state index >= 15 is 0 Å². The zero-order chi connectivity index (χ0) is 14.7. The van der Waals surface area contributed by atoms with Gasteiger partial charge in [-0.3, -0.25) is 0 Å². The average molecular weight is 304 g/mol. The van der Waals surface area contributed by atoms with Crippen molar-refractivity contribution in [2.45, 2.75) is 12.8 Å². The van der Waals surface area contributed by atoms with Crippen molar-refractivity contribution >= 4 is 28.3 Å². The highest BCUT2D eigenvalue weighted by Gasteiger charge is 2.18. The van der Waals surface area contributed by atoms with Crippen LogP contribution in [-0.4, -0.2) is 49.0 Å².